The second-order valence-electron chi connectivity index (χ2n) is 6.77. The topological polar surface area (TPSA) is 24.9 Å². The molecular weight excluding hydrogens is 240 g/mol. The predicted molar refractivity (Wildman–Crippen MR) is 77.5 cm³/mol. The van der Waals surface area contributed by atoms with Gasteiger partial charge in [-0.2, -0.15) is 0 Å². The van der Waals surface area contributed by atoms with Crippen LogP contribution >= 0.6 is 0 Å². The Bertz CT molecular complexity index is 253. The van der Waals surface area contributed by atoms with Gasteiger partial charge in [-0.15, -0.1) is 0 Å². The number of rotatable bonds is 4. The zero-order valence-corrected chi connectivity index (χ0v) is 12.9. The summed E-state index contributed by atoms with van der Waals surface area (Å²) in [5.74, 6) is 0. The van der Waals surface area contributed by atoms with E-state index in [4.69, 9.17) is 9.47 Å². The van der Waals surface area contributed by atoms with Crippen LogP contribution in [0.25, 0.3) is 0 Å². The summed E-state index contributed by atoms with van der Waals surface area (Å²) in [5.41, 5.74) is 0.337. The molecule has 0 aromatic heterocycles. The van der Waals surface area contributed by atoms with Crippen molar-refractivity contribution >= 4 is 0 Å². The molecule has 112 valence electrons. The standard InChI is InChI=1S/C15H30N2O2/c1-15(2,3)14(17-8-12-19-13-9-17)4-5-16-6-10-18-11-7-16/h14H,4-13H2,1-3H3. The molecule has 2 heterocycles. The van der Waals surface area contributed by atoms with Crippen LogP contribution in [0.4, 0.5) is 0 Å². The molecule has 0 radical (unpaired) electrons. The van der Waals surface area contributed by atoms with Gasteiger partial charge in [-0.1, -0.05) is 20.8 Å². The van der Waals surface area contributed by atoms with Gasteiger partial charge in [0.25, 0.3) is 0 Å². The Balaban J connectivity index is 1.86. The second kappa shape index (κ2) is 7.02. The first kappa shape index (κ1) is 15.2. The summed E-state index contributed by atoms with van der Waals surface area (Å²) in [6.07, 6.45) is 1.25. The smallest absolute Gasteiger partial charge is 0.0594 e. The van der Waals surface area contributed by atoms with Crippen LogP contribution in [0.15, 0.2) is 0 Å². The number of ether oxygens (including phenoxy) is 2. The predicted octanol–water partition coefficient (Wildman–Crippen LogP) is 1.46. The van der Waals surface area contributed by atoms with E-state index in [9.17, 15) is 0 Å². The van der Waals surface area contributed by atoms with Gasteiger partial charge in [-0.3, -0.25) is 9.80 Å². The van der Waals surface area contributed by atoms with Gasteiger partial charge in [0.1, 0.15) is 0 Å². The summed E-state index contributed by atoms with van der Waals surface area (Å²) in [7, 11) is 0. The molecule has 0 spiro atoms. The fourth-order valence-corrected chi connectivity index (χ4v) is 3.18. The van der Waals surface area contributed by atoms with Gasteiger partial charge in [0.2, 0.25) is 0 Å². The maximum atomic E-state index is 5.49. The number of morpholine rings is 2. The van der Waals surface area contributed by atoms with Crippen molar-refractivity contribution in [3.05, 3.63) is 0 Å². The number of hydrogen-bond acceptors (Lipinski definition) is 4. The molecule has 0 aliphatic carbocycles. The highest BCUT2D eigenvalue weighted by atomic mass is 16.5. The molecule has 2 rings (SSSR count). The van der Waals surface area contributed by atoms with Crippen molar-refractivity contribution in [1.82, 2.24) is 9.80 Å². The summed E-state index contributed by atoms with van der Waals surface area (Å²) in [6.45, 7) is 16.3. The first-order valence-electron chi connectivity index (χ1n) is 7.69. The molecule has 0 saturated carbocycles. The van der Waals surface area contributed by atoms with Crippen LogP contribution < -0.4 is 0 Å². The van der Waals surface area contributed by atoms with Crippen molar-refractivity contribution in [2.75, 3.05) is 59.2 Å². The highest BCUT2D eigenvalue weighted by Gasteiger charge is 2.31. The molecule has 0 aromatic carbocycles. The lowest BCUT2D eigenvalue weighted by Gasteiger charge is -2.43. The quantitative estimate of drug-likeness (QED) is 0.772. The molecule has 0 N–H and O–H groups in total. The van der Waals surface area contributed by atoms with Crippen LogP contribution in [0.3, 0.4) is 0 Å². The lowest BCUT2D eigenvalue weighted by molar-refractivity contribution is -0.0203. The monoisotopic (exact) mass is 270 g/mol. The first-order chi connectivity index (χ1) is 9.07. The van der Waals surface area contributed by atoms with Crippen LogP contribution in [-0.2, 0) is 9.47 Å². The average Bonchev–Trinajstić information content (AvgIpc) is 2.40. The average molecular weight is 270 g/mol. The highest BCUT2D eigenvalue weighted by molar-refractivity contribution is 4.85. The third-order valence-corrected chi connectivity index (χ3v) is 4.31. The summed E-state index contributed by atoms with van der Waals surface area (Å²) in [6, 6.07) is 0.652. The van der Waals surface area contributed by atoms with E-state index in [-0.39, 0.29) is 0 Å². The van der Waals surface area contributed by atoms with Gasteiger partial charge in [-0.25, -0.2) is 0 Å². The van der Waals surface area contributed by atoms with Crippen molar-refractivity contribution in [3.8, 4) is 0 Å². The summed E-state index contributed by atoms with van der Waals surface area (Å²) >= 11 is 0. The van der Waals surface area contributed by atoms with E-state index in [0.717, 1.165) is 52.6 Å². The molecule has 1 atom stereocenters. The van der Waals surface area contributed by atoms with Crippen LogP contribution in [0.5, 0.6) is 0 Å². The van der Waals surface area contributed by atoms with Crippen LogP contribution in [0, 0.1) is 5.41 Å². The Morgan fingerprint density at radius 1 is 0.895 bits per heavy atom. The van der Waals surface area contributed by atoms with Gasteiger partial charge in [0.05, 0.1) is 26.4 Å². The molecule has 1 unspecified atom stereocenters. The SMILES string of the molecule is CC(C)(C)C(CCN1CCOCC1)N1CCOCC1. The molecule has 2 aliphatic heterocycles. The number of nitrogens with zero attached hydrogens (tertiary/aromatic N) is 2. The Hall–Kier alpha value is -0.160. The van der Waals surface area contributed by atoms with E-state index >= 15 is 0 Å². The van der Waals surface area contributed by atoms with Crippen molar-refractivity contribution in [2.24, 2.45) is 5.41 Å². The van der Waals surface area contributed by atoms with Crippen molar-refractivity contribution in [3.63, 3.8) is 0 Å². The Morgan fingerprint density at radius 2 is 1.42 bits per heavy atom. The minimum Gasteiger partial charge on any atom is -0.379 e. The van der Waals surface area contributed by atoms with Gasteiger partial charge >= 0.3 is 0 Å². The molecule has 0 amide bonds. The Kier molecular flexibility index (Phi) is 5.63. The minimum absolute atomic E-state index is 0.337. The van der Waals surface area contributed by atoms with Gasteiger partial charge in [0, 0.05) is 32.2 Å². The number of hydrogen-bond donors (Lipinski definition) is 0. The molecule has 4 heteroatoms. The summed E-state index contributed by atoms with van der Waals surface area (Å²) in [5, 5.41) is 0. The zero-order chi connectivity index (χ0) is 13.7. The lowest BCUT2D eigenvalue weighted by Crippen LogP contribution is -2.51. The van der Waals surface area contributed by atoms with E-state index in [1.807, 2.05) is 0 Å². The summed E-state index contributed by atoms with van der Waals surface area (Å²) < 4.78 is 10.9. The fraction of sp³-hybridized carbons (Fsp3) is 1.00. The molecule has 2 fully saturated rings. The maximum Gasteiger partial charge on any atom is 0.0594 e. The lowest BCUT2D eigenvalue weighted by atomic mass is 9.83. The minimum atomic E-state index is 0.337. The normalized spacial score (nSPS) is 25.4. The highest BCUT2D eigenvalue weighted by Crippen LogP contribution is 2.28. The summed E-state index contributed by atoms with van der Waals surface area (Å²) in [4.78, 5) is 5.17. The Morgan fingerprint density at radius 3 is 1.95 bits per heavy atom. The van der Waals surface area contributed by atoms with Crippen LogP contribution in [0.2, 0.25) is 0 Å². The van der Waals surface area contributed by atoms with E-state index in [1.165, 1.54) is 13.0 Å². The van der Waals surface area contributed by atoms with E-state index < -0.39 is 0 Å². The molecule has 2 aliphatic rings. The Labute approximate surface area is 118 Å². The molecular formula is C15H30N2O2. The van der Waals surface area contributed by atoms with Crippen molar-refractivity contribution in [1.29, 1.82) is 0 Å². The second-order valence-corrected chi connectivity index (χ2v) is 6.77. The molecule has 0 aromatic rings. The fourth-order valence-electron chi connectivity index (χ4n) is 3.18. The molecule has 0 bridgehead atoms. The van der Waals surface area contributed by atoms with Crippen LogP contribution in [-0.4, -0.2) is 75.0 Å². The first-order valence-corrected chi connectivity index (χ1v) is 7.69. The van der Waals surface area contributed by atoms with Crippen molar-refractivity contribution in [2.45, 2.75) is 33.2 Å². The molecule has 19 heavy (non-hydrogen) atoms. The van der Waals surface area contributed by atoms with E-state index in [0.29, 0.717) is 11.5 Å². The van der Waals surface area contributed by atoms with Gasteiger partial charge < -0.3 is 9.47 Å². The third kappa shape index (κ3) is 4.71. The van der Waals surface area contributed by atoms with Gasteiger partial charge in [-0.05, 0) is 18.4 Å². The maximum absolute atomic E-state index is 5.49. The van der Waals surface area contributed by atoms with Crippen molar-refractivity contribution < 1.29 is 9.47 Å². The van der Waals surface area contributed by atoms with Crippen LogP contribution in [0.1, 0.15) is 27.2 Å². The molecule has 2 saturated heterocycles. The zero-order valence-electron chi connectivity index (χ0n) is 12.9. The third-order valence-electron chi connectivity index (χ3n) is 4.31. The molecule has 4 nitrogen and oxygen atoms in total. The van der Waals surface area contributed by atoms with E-state index in [2.05, 4.69) is 30.6 Å². The van der Waals surface area contributed by atoms with E-state index in [1.54, 1.807) is 0 Å². The largest absolute Gasteiger partial charge is 0.379 e. The van der Waals surface area contributed by atoms with Gasteiger partial charge in [0.15, 0.2) is 0 Å².